The summed E-state index contributed by atoms with van der Waals surface area (Å²) < 4.78 is 0. The molecule has 0 amide bonds. The Morgan fingerprint density at radius 1 is 0.800 bits per heavy atom. The molecule has 2 rings (SSSR count). The summed E-state index contributed by atoms with van der Waals surface area (Å²) in [5.74, 6) is 0. The number of halogens is 1. The smallest absolute Gasteiger partial charge is 0.0701 e. The van der Waals surface area contributed by atoms with E-state index >= 15 is 0 Å². The minimum absolute atomic E-state index is 0. The summed E-state index contributed by atoms with van der Waals surface area (Å²) in [5.41, 5.74) is 1.06. The maximum absolute atomic E-state index is 4.18. The van der Waals surface area contributed by atoms with E-state index in [2.05, 4.69) is 17.1 Å². The van der Waals surface area contributed by atoms with Gasteiger partial charge in [0.25, 0.3) is 0 Å². The second-order valence-corrected chi connectivity index (χ2v) is 2.20. The summed E-state index contributed by atoms with van der Waals surface area (Å²) in [4.78, 5) is 4.18. The molecule has 2 aromatic rings. The van der Waals surface area contributed by atoms with Crippen molar-refractivity contribution in [2.24, 2.45) is 0 Å². The van der Waals surface area contributed by atoms with Gasteiger partial charge in [-0.05, 0) is 12.1 Å². The monoisotopic (exact) mass is 271 g/mol. The molecule has 6 heteroatoms. The molecule has 86 valence electrons. The molecule has 0 saturated carbocycles. The maximum atomic E-state index is 4.18. The summed E-state index contributed by atoms with van der Waals surface area (Å²) >= 11 is 0. The van der Waals surface area contributed by atoms with E-state index in [0.29, 0.717) is 0 Å². The molecule has 0 atom stereocenters. The Bertz CT molecular complexity index is 296. The molecule has 1 aromatic heterocycles. The van der Waals surface area contributed by atoms with E-state index < -0.39 is 0 Å². The normalized spacial score (nSPS) is 6.67. The molecule has 0 radical (unpaired) electrons. The summed E-state index contributed by atoms with van der Waals surface area (Å²) in [6.45, 7) is 0. The van der Waals surface area contributed by atoms with Gasteiger partial charge in [0.05, 0.1) is 5.52 Å². The van der Waals surface area contributed by atoms with Gasteiger partial charge in [0.15, 0.2) is 0 Å². The number of nitrogens with zero attached hydrogens (tertiary/aromatic N) is 1. The summed E-state index contributed by atoms with van der Waals surface area (Å²) in [5, 5.41) is 1.20. The Morgan fingerprint density at radius 2 is 1.33 bits per heavy atom. The van der Waals surface area contributed by atoms with Gasteiger partial charge in [-0.25, -0.2) is 0 Å². The molecule has 4 nitrogen and oxygen atoms in total. The van der Waals surface area contributed by atoms with Crippen molar-refractivity contribution in [3.8, 4) is 0 Å². The van der Waals surface area contributed by atoms with Gasteiger partial charge in [0.2, 0.25) is 0 Å². The minimum atomic E-state index is 0. The first-order valence-corrected chi connectivity index (χ1v) is 3.26. The summed E-state index contributed by atoms with van der Waals surface area (Å²) in [7, 11) is 0. The number of aromatic nitrogens is 1. The molecule has 0 saturated heterocycles. The molecule has 15 heavy (non-hydrogen) atoms. The van der Waals surface area contributed by atoms with Crippen molar-refractivity contribution in [3.63, 3.8) is 0 Å². The molecule has 0 aliphatic carbocycles. The number of para-hydroxylation sites is 1. The molecule has 0 aliphatic rings. The third-order valence-electron chi connectivity index (χ3n) is 1.51. The Kier molecular flexibility index (Phi) is 18.1. The van der Waals surface area contributed by atoms with Crippen molar-refractivity contribution in [1.29, 1.82) is 0 Å². The van der Waals surface area contributed by atoms with E-state index in [4.69, 9.17) is 0 Å². The number of fused-ring (bicyclic) bond motifs is 1. The van der Waals surface area contributed by atoms with Crippen molar-refractivity contribution in [2.75, 3.05) is 0 Å². The first-order valence-electron chi connectivity index (χ1n) is 3.26. The van der Waals surface area contributed by atoms with Crippen LogP contribution in [-0.4, -0.2) is 21.4 Å². The van der Waals surface area contributed by atoms with Crippen molar-refractivity contribution >= 4 is 23.3 Å². The van der Waals surface area contributed by atoms with Gasteiger partial charge >= 0.3 is 0 Å². The van der Waals surface area contributed by atoms with Crippen molar-refractivity contribution < 1.29 is 33.8 Å². The van der Waals surface area contributed by atoms with E-state index in [0.717, 1.165) is 5.52 Å². The molecule has 1 aromatic carbocycles. The fraction of sp³-hybridized carbons (Fsp3) is 0. The zero-order valence-electron chi connectivity index (χ0n) is 7.81. The predicted octanol–water partition coefficient (Wildman–Crippen LogP) is 0.180. The Labute approximate surface area is 105 Å². The maximum Gasteiger partial charge on any atom is 0.0701 e. The molecule has 0 fully saturated rings. The Morgan fingerprint density at radius 3 is 1.93 bits per heavy atom. The molecule has 0 unspecified atom stereocenters. The van der Waals surface area contributed by atoms with E-state index in [1.165, 1.54) is 5.39 Å². The van der Waals surface area contributed by atoms with Crippen LogP contribution in [0.5, 0.6) is 0 Å². The van der Waals surface area contributed by atoms with Gasteiger partial charge in [-0.15, -0.1) is 12.4 Å². The molecule has 1 heterocycles. The molecule has 0 bridgehead atoms. The molecular formula is C9H14ClCrNO3. The fourth-order valence-electron chi connectivity index (χ4n) is 1.02. The zero-order valence-corrected chi connectivity index (χ0v) is 9.90. The molecule has 0 spiro atoms. The quantitative estimate of drug-likeness (QED) is 0.669. The van der Waals surface area contributed by atoms with Crippen molar-refractivity contribution in [3.05, 3.63) is 42.6 Å². The predicted molar refractivity (Wildman–Crippen MR) is 59.8 cm³/mol. The SMILES string of the molecule is Cl.O.O.O.[Cr].c1ccc2ncccc2c1. The van der Waals surface area contributed by atoms with Crippen molar-refractivity contribution in [2.45, 2.75) is 0 Å². The van der Waals surface area contributed by atoms with Crippen LogP contribution in [0.1, 0.15) is 0 Å². The number of hydrogen-bond acceptors (Lipinski definition) is 1. The second-order valence-electron chi connectivity index (χ2n) is 2.20. The van der Waals surface area contributed by atoms with Crippen LogP contribution < -0.4 is 0 Å². The van der Waals surface area contributed by atoms with Crippen LogP contribution in [-0.2, 0) is 17.4 Å². The zero-order chi connectivity index (χ0) is 6.81. The first kappa shape index (κ1) is 23.9. The number of hydrogen-bond donors (Lipinski definition) is 0. The second kappa shape index (κ2) is 11.4. The number of benzene rings is 1. The van der Waals surface area contributed by atoms with Crippen LogP contribution >= 0.6 is 12.4 Å². The molecular weight excluding hydrogens is 258 g/mol. The van der Waals surface area contributed by atoms with Gasteiger partial charge in [-0.3, -0.25) is 4.98 Å². The fourth-order valence-corrected chi connectivity index (χ4v) is 1.02. The largest absolute Gasteiger partial charge is 0.412 e. The van der Waals surface area contributed by atoms with Gasteiger partial charge in [-0.1, -0.05) is 24.3 Å². The summed E-state index contributed by atoms with van der Waals surface area (Å²) in [6.07, 6.45) is 1.81. The standard InChI is InChI=1S/C9H7N.ClH.Cr.3H2O/c1-2-6-9-8(4-1)5-3-7-10-9;;;;;/h1-7H;1H;;3*1H2. The van der Waals surface area contributed by atoms with Crippen molar-refractivity contribution in [1.82, 2.24) is 4.98 Å². The van der Waals surface area contributed by atoms with E-state index in [1.54, 1.807) is 0 Å². The van der Waals surface area contributed by atoms with Crippen LogP contribution in [0.3, 0.4) is 0 Å². The molecule has 6 N–H and O–H groups in total. The van der Waals surface area contributed by atoms with Crippen LogP contribution in [0.4, 0.5) is 0 Å². The topological polar surface area (TPSA) is 107 Å². The van der Waals surface area contributed by atoms with Crippen LogP contribution in [0.2, 0.25) is 0 Å². The van der Waals surface area contributed by atoms with Gasteiger partial charge < -0.3 is 16.4 Å². The van der Waals surface area contributed by atoms with Gasteiger partial charge in [0, 0.05) is 28.9 Å². The van der Waals surface area contributed by atoms with Crippen LogP contribution in [0.25, 0.3) is 10.9 Å². The van der Waals surface area contributed by atoms with Crippen LogP contribution in [0.15, 0.2) is 42.6 Å². The van der Waals surface area contributed by atoms with E-state index in [-0.39, 0.29) is 46.2 Å². The minimum Gasteiger partial charge on any atom is -0.412 e. The van der Waals surface area contributed by atoms with E-state index in [9.17, 15) is 0 Å². The third kappa shape index (κ3) is 5.70. The Balaban J connectivity index is -0.000000121. The first-order chi connectivity index (χ1) is 4.97. The average Bonchev–Trinajstić information content (AvgIpc) is 2.05. The number of pyridine rings is 1. The average molecular weight is 272 g/mol. The third-order valence-corrected chi connectivity index (χ3v) is 1.51. The molecule has 0 aliphatic heterocycles. The van der Waals surface area contributed by atoms with Gasteiger partial charge in [0.1, 0.15) is 0 Å². The van der Waals surface area contributed by atoms with Gasteiger partial charge in [-0.2, -0.15) is 0 Å². The van der Waals surface area contributed by atoms with Crippen LogP contribution in [0, 0.1) is 0 Å². The Hall–Kier alpha value is -0.668. The summed E-state index contributed by atoms with van der Waals surface area (Å²) in [6, 6.07) is 12.1. The number of rotatable bonds is 0. The van der Waals surface area contributed by atoms with E-state index in [1.807, 2.05) is 30.5 Å².